The van der Waals surface area contributed by atoms with Crippen LogP contribution in [0.1, 0.15) is 16.7 Å². The number of hydrogen-bond donors (Lipinski definition) is 1. The maximum absolute atomic E-state index is 13.2. The van der Waals surface area contributed by atoms with E-state index in [4.69, 9.17) is 4.74 Å². The number of carbonyl (C=O) groups is 2. The highest BCUT2D eigenvalue weighted by atomic mass is 16.5. The Bertz CT molecular complexity index is 967. The van der Waals surface area contributed by atoms with E-state index in [9.17, 15) is 9.59 Å². The second kappa shape index (κ2) is 10.0. The molecule has 1 amide bonds. The number of carbonyl (C=O) groups excluding carboxylic acids is 2. The summed E-state index contributed by atoms with van der Waals surface area (Å²) in [6.45, 7) is 0. The largest absolute Gasteiger partial charge is 0.467 e. The molecule has 0 bridgehead atoms. The van der Waals surface area contributed by atoms with Gasteiger partial charge in [-0.15, -0.1) is 0 Å². The first-order chi connectivity index (χ1) is 14.2. The van der Waals surface area contributed by atoms with Crippen molar-refractivity contribution in [1.29, 1.82) is 0 Å². The van der Waals surface area contributed by atoms with Crippen molar-refractivity contribution in [2.24, 2.45) is 0 Å². The normalized spacial score (nSPS) is 12.1. The van der Waals surface area contributed by atoms with Crippen LogP contribution >= 0.6 is 0 Å². The Kier molecular flexibility index (Phi) is 6.95. The van der Waals surface area contributed by atoms with E-state index in [1.807, 2.05) is 97.1 Å². The first kappa shape index (κ1) is 20.1. The SMILES string of the molecule is COC(=O)[C@H](Cc1ccccc1)NC(=O)/C(=C/c1ccccc1)c1ccccc1. The standard InChI is InChI=1S/C25H23NO3/c1-29-25(28)23(18-20-13-7-3-8-14-20)26-24(27)22(21-15-9-4-10-16-21)17-19-11-5-2-6-12-19/h2-17,23H,18H2,1H3,(H,26,27)/b22-17+/t23-/m0/s1. The molecule has 0 heterocycles. The number of amides is 1. The molecule has 0 aliphatic rings. The average Bonchev–Trinajstić information content (AvgIpc) is 2.78. The zero-order valence-electron chi connectivity index (χ0n) is 16.2. The third kappa shape index (κ3) is 5.66. The van der Waals surface area contributed by atoms with E-state index in [1.54, 1.807) is 0 Å². The van der Waals surface area contributed by atoms with Crippen molar-refractivity contribution < 1.29 is 14.3 Å². The Balaban J connectivity index is 1.89. The van der Waals surface area contributed by atoms with E-state index in [0.29, 0.717) is 12.0 Å². The van der Waals surface area contributed by atoms with Crippen LogP contribution in [0.15, 0.2) is 91.0 Å². The summed E-state index contributed by atoms with van der Waals surface area (Å²) in [4.78, 5) is 25.5. The first-order valence-electron chi connectivity index (χ1n) is 9.42. The van der Waals surface area contributed by atoms with Crippen LogP contribution in [0.25, 0.3) is 11.6 Å². The first-order valence-corrected chi connectivity index (χ1v) is 9.42. The molecule has 0 spiro atoms. The molecule has 0 radical (unpaired) electrons. The molecule has 4 heteroatoms. The molecule has 0 aliphatic heterocycles. The van der Waals surface area contributed by atoms with Gasteiger partial charge in [-0.3, -0.25) is 4.79 Å². The Morgan fingerprint density at radius 2 is 1.41 bits per heavy atom. The topological polar surface area (TPSA) is 55.4 Å². The van der Waals surface area contributed by atoms with Gasteiger partial charge >= 0.3 is 5.97 Å². The van der Waals surface area contributed by atoms with Gasteiger partial charge in [-0.2, -0.15) is 0 Å². The van der Waals surface area contributed by atoms with E-state index in [-0.39, 0.29) is 5.91 Å². The number of methoxy groups -OCH3 is 1. The van der Waals surface area contributed by atoms with Gasteiger partial charge in [-0.05, 0) is 22.8 Å². The molecule has 0 aliphatic carbocycles. The molecule has 0 saturated heterocycles. The Morgan fingerprint density at radius 3 is 2.00 bits per heavy atom. The lowest BCUT2D eigenvalue weighted by atomic mass is 10.0. The lowest BCUT2D eigenvalue weighted by Crippen LogP contribution is -2.43. The smallest absolute Gasteiger partial charge is 0.328 e. The molecular formula is C25H23NO3. The third-order valence-electron chi connectivity index (χ3n) is 4.51. The van der Waals surface area contributed by atoms with Crippen molar-refractivity contribution in [3.05, 3.63) is 108 Å². The van der Waals surface area contributed by atoms with E-state index in [2.05, 4.69) is 5.32 Å². The summed E-state index contributed by atoms with van der Waals surface area (Å²) in [5, 5.41) is 2.85. The summed E-state index contributed by atoms with van der Waals surface area (Å²) < 4.78 is 4.92. The van der Waals surface area contributed by atoms with Crippen LogP contribution in [0.3, 0.4) is 0 Å². The van der Waals surface area contributed by atoms with Gasteiger partial charge < -0.3 is 10.1 Å². The van der Waals surface area contributed by atoms with E-state index in [0.717, 1.165) is 16.7 Å². The molecule has 0 unspecified atom stereocenters. The molecule has 3 aromatic carbocycles. The molecule has 146 valence electrons. The van der Waals surface area contributed by atoms with Crippen LogP contribution in [0.2, 0.25) is 0 Å². The highest BCUT2D eigenvalue weighted by Gasteiger charge is 2.24. The lowest BCUT2D eigenvalue weighted by Gasteiger charge is -2.18. The third-order valence-corrected chi connectivity index (χ3v) is 4.51. The molecule has 0 aromatic heterocycles. The van der Waals surface area contributed by atoms with Gasteiger partial charge in [-0.1, -0.05) is 91.0 Å². The second-order valence-corrected chi connectivity index (χ2v) is 6.57. The Labute approximate surface area is 170 Å². The predicted molar refractivity (Wildman–Crippen MR) is 115 cm³/mol. The predicted octanol–water partition coefficient (Wildman–Crippen LogP) is 4.13. The number of esters is 1. The summed E-state index contributed by atoms with van der Waals surface area (Å²) in [5.41, 5.74) is 3.10. The van der Waals surface area contributed by atoms with Crippen LogP contribution in [0.5, 0.6) is 0 Å². The number of ether oxygens (including phenoxy) is 1. The molecule has 0 saturated carbocycles. The lowest BCUT2D eigenvalue weighted by molar-refractivity contribution is -0.144. The van der Waals surface area contributed by atoms with E-state index >= 15 is 0 Å². The Morgan fingerprint density at radius 1 is 0.862 bits per heavy atom. The number of hydrogen-bond acceptors (Lipinski definition) is 3. The molecule has 0 fully saturated rings. The molecule has 1 atom stereocenters. The zero-order chi connectivity index (χ0) is 20.5. The number of benzene rings is 3. The van der Waals surface area contributed by atoms with Gasteiger partial charge in [0.05, 0.1) is 7.11 Å². The minimum absolute atomic E-state index is 0.327. The van der Waals surface area contributed by atoms with Crippen LogP contribution < -0.4 is 5.32 Å². The summed E-state index contributed by atoms with van der Waals surface area (Å²) in [5.74, 6) is -0.805. The van der Waals surface area contributed by atoms with Gasteiger partial charge in [-0.25, -0.2) is 4.79 Å². The molecule has 4 nitrogen and oxygen atoms in total. The summed E-state index contributed by atoms with van der Waals surface area (Å²) >= 11 is 0. The molecule has 29 heavy (non-hydrogen) atoms. The maximum atomic E-state index is 13.2. The minimum Gasteiger partial charge on any atom is -0.467 e. The summed E-state index contributed by atoms with van der Waals surface area (Å²) in [6.07, 6.45) is 2.17. The molecule has 3 aromatic rings. The minimum atomic E-state index is -0.780. The average molecular weight is 385 g/mol. The quantitative estimate of drug-likeness (QED) is 0.378. The number of rotatable bonds is 7. The highest BCUT2D eigenvalue weighted by Crippen LogP contribution is 2.19. The summed E-state index contributed by atoms with van der Waals surface area (Å²) in [7, 11) is 1.32. The van der Waals surface area contributed by atoms with Crippen molar-refractivity contribution in [2.45, 2.75) is 12.5 Å². The zero-order valence-corrected chi connectivity index (χ0v) is 16.2. The van der Waals surface area contributed by atoms with E-state index in [1.165, 1.54) is 7.11 Å². The van der Waals surface area contributed by atoms with Gasteiger partial charge in [0.1, 0.15) is 6.04 Å². The van der Waals surface area contributed by atoms with Gasteiger partial charge in [0, 0.05) is 12.0 Å². The fourth-order valence-electron chi connectivity index (χ4n) is 3.03. The second-order valence-electron chi connectivity index (χ2n) is 6.57. The summed E-state index contributed by atoms with van der Waals surface area (Å²) in [6, 6.07) is 27.8. The van der Waals surface area contributed by atoms with Crippen molar-refractivity contribution >= 4 is 23.5 Å². The van der Waals surface area contributed by atoms with Gasteiger partial charge in [0.2, 0.25) is 0 Å². The number of nitrogens with one attached hydrogen (secondary N) is 1. The van der Waals surface area contributed by atoms with Crippen molar-refractivity contribution in [2.75, 3.05) is 7.11 Å². The fourth-order valence-corrected chi connectivity index (χ4v) is 3.03. The van der Waals surface area contributed by atoms with E-state index < -0.39 is 12.0 Å². The van der Waals surface area contributed by atoms with Gasteiger partial charge in [0.25, 0.3) is 5.91 Å². The molecule has 3 rings (SSSR count). The van der Waals surface area contributed by atoms with Crippen molar-refractivity contribution in [1.82, 2.24) is 5.32 Å². The van der Waals surface area contributed by atoms with Crippen LogP contribution in [-0.4, -0.2) is 25.0 Å². The van der Waals surface area contributed by atoms with Gasteiger partial charge in [0.15, 0.2) is 0 Å². The highest BCUT2D eigenvalue weighted by molar-refractivity contribution is 6.24. The Hall–Kier alpha value is -3.66. The molecule has 1 N–H and O–H groups in total. The van der Waals surface area contributed by atoms with Crippen LogP contribution in [-0.2, 0) is 20.7 Å². The van der Waals surface area contributed by atoms with Crippen LogP contribution in [0, 0.1) is 0 Å². The van der Waals surface area contributed by atoms with Crippen molar-refractivity contribution in [3.8, 4) is 0 Å². The van der Waals surface area contributed by atoms with Crippen LogP contribution in [0.4, 0.5) is 0 Å². The van der Waals surface area contributed by atoms with Crippen molar-refractivity contribution in [3.63, 3.8) is 0 Å². The monoisotopic (exact) mass is 385 g/mol. The maximum Gasteiger partial charge on any atom is 0.328 e. The fraction of sp³-hybridized carbons (Fsp3) is 0.120. The molecular weight excluding hydrogens is 362 g/mol.